The van der Waals surface area contributed by atoms with Gasteiger partial charge in [-0.1, -0.05) is 19.8 Å². The first-order chi connectivity index (χ1) is 6.34. The predicted octanol–water partition coefficient (Wildman–Crippen LogP) is 2.89. The van der Waals surface area contributed by atoms with Crippen molar-refractivity contribution in [1.29, 1.82) is 5.26 Å². The summed E-state index contributed by atoms with van der Waals surface area (Å²) in [5.41, 5.74) is 0. The number of nitrogens with zero attached hydrogens (tertiary/aromatic N) is 1. The van der Waals surface area contributed by atoms with Gasteiger partial charge in [-0.05, 0) is 25.2 Å². The summed E-state index contributed by atoms with van der Waals surface area (Å²) in [6.07, 6.45) is 7.18. The van der Waals surface area contributed by atoms with Crippen LogP contribution in [0.3, 0.4) is 0 Å². The van der Waals surface area contributed by atoms with Gasteiger partial charge in [0.25, 0.3) is 0 Å². The lowest BCUT2D eigenvalue weighted by Crippen LogP contribution is -2.25. The number of hydrogen-bond acceptors (Lipinski definition) is 2. The number of unbranched alkanes of at least 4 members (excludes halogenated alkanes) is 1. The van der Waals surface area contributed by atoms with Crippen molar-refractivity contribution in [2.24, 2.45) is 5.92 Å². The van der Waals surface area contributed by atoms with Gasteiger partial charge in [0.2, 0.25) is 0 Å². The second-order valence-electron chi connectivity index (χ2n) is 3.93. The molecule has 1 fully saturated rings. The Kier molecular flexibility index (Phi) is 4.85. The van der Waals surface area contributed by atoms with Gasteiger partial charge in [-0.25, -0.2) is 0 Å². The molecule has 2 unspecified atom stereocenters. The van der Waals surface area contributed by atoms with E-state index in [9.17, 15) is 0 Å². The van der Waals surface area contributed by atoms with Crippen LogP contribution in [0.2, 0.25) is 0 Å². The second kappa shape index (κ2) is 5.99. The Labute approximate surface area is 80.9 Å². The van der Waals surface area contributed by atoms with Crippen LogP contribution in [0.4, 0.5) is 0 Å². The molecule has 1 aliphatic rings. The quantitative estimate of drug-likeness (QED) is 0.625. The zero-order chi connectivity index (χ0) is 9.52. The standard InChI is InChI=1S/C11H19NO/c1-10-6-2-3-7-11(10)13-9-5-4-8-12/h10-11H,2-7,9H2,1H3. The summed E-state index contributed by atoms with van der Waals surface area (Å²) in [5, 5.41) is 8.35. The van der Waals surface area contributed by atoms with E-state index in [1.807, 2.05) is 0 Å². The monoisotopic (exact) mass is 181 g/mol. The van der Waals surface area contributed by atoms with Crippen LogP contribution in [-0.4, -0.2) is 12.7 Å². The SMILES string of the molecule is CC1CCCCC1OCCCC#N. The average Bonchev–Trinajstić information content (AvgIpc) is 2.15. The van der Waals surface area contributed by atoms with Crippen LogP contribution in [0.15, 0.2) is 0 Å². The third-order valence-electron chi connectivity index (χ3n) is 2.80. The van der Waals surface area contributed by atoms with Gasteiger partial charge >= 0.3 is 0 Å². The fourth-order valence-electron chi connectivity index (χ4n) is 1.92. The molecule has 1 saturated carbocycles. The molecule has 0 aromatic carbocycles. The molecule has 1 rings (SSSR count). The number of hydrogen-bond donors (Lipinski definition) is 0. The Morgan fingerprint density at radius 2 is 2.15 bits per heavy atom. The molecule has 0 aromatic rings. The molecule has 2 nitrogen and oxygen atoms in total. The van der Waals surface area contributed by atoms with E-state index in [1.165, 1.54) is 25.7 Å². The van der Waals surface area contributed by atoms with E-state index in [0.29, 0.717) is 12.5 Å². The molecule has 74 valence electrons. The van der Waals surface area contributed by atoms with Crippen molar-refractivity contribution in [3.63, 3.8) is 0 Å². The van der Waals surface area contributed by atoms with E-state index in [1.54, 1.807) is 0 Å². The summed E-state index contributed by atoms with van der Waals surface area (Å²) in [7, 11) is 0. The van der Waals surface area contributed by atoms with Crippen LogP contribution in [0.5, 0.6) is 0 Å². The van der Waals surface area contributed by atoms with E-state index in [2.05, 4.69) is 13.0 Å². The van der Waals surface area contributed by atoms with E-state index in [-0.39, 0.29) is 0 Å². The van der Waals surface area contributed by atoms with Crippen molar-refractivity contribution in [2.45, 2.75) is 51.6 Å². The smallest absolute Gasteiger partial charge is 0.0622 e. The number of nitriles is 1. The molecule has 2 atom stereocenters. The lowest BCUT2D eigenvalue weighted by atomic mass is 9.88. The molecule has 1 aliphatic carbocycles. The van der Waals surface area contributed by atoms with Crippen molar-refractivity contribution >= 4 is 0 Å². The third kappa shape index (κ3) is 3.78. The zero-order valence-corrected chi connectivity index (χ0v) is 8.46. The van der Waals surface area contributed by atoms with Gasteiger partial charge in [-0.15, -0.1) is 0 Å². The summed E-state index contributed by atoms with van der Waals surface area (Å²) in [6.45, 7) is 3.04. The van der Waals surface area contributed by atoms with Gasteiger partial charge in [-0.2, -0.15) is 5.26 Å². The van der Waals surface area contributed by atoms with Gasteiger partial charge in [0.15, 0.2) is 0 Å². The highest BCUT2D eigenvalue weighted by Gasteiger charge is 2.21. The van der Waals surface area contributed by atoms with Gasteiger partial charge in [0.05, 0.1) is 12.2 Å². The Bertz CT molecular complexity index is 173. The summed E-state index contributed by atoms with van der Waals surface area (Å²) in [6, 6.07) is 2.14. The maximum Gasteiger partial charge on any atom is 0.0622 e. The summed E-state index contributed by atoms with van der Waals surface area (Å²) in [4.78, 5) is 0. The molecule has 0 heterocycles. The first-order valence-electron chi connectivity index (χ1n) is 5.33. The highest BCUT2D eigenvalue weighted by molar-refractivity contribution is 4.73. The lowest BCUT2D eigenvalue weighted by molar-refractivity contribution is -0.00548. The number of rotatable bonds is 4. The fraction of sp³-hybridized carbons (Fsp3) is 0.909. The molecule has 0 aromatic heterocycles. The summed E-state index contributed by atoms with van der Waals surface area (Å²) in [5.74, 6) is 0.718. The van der Waals surface area contributed by atoms with Crippen LogP contribution < -0.4 is 0 Å². The van der Waals surface area contributed by atoms with Crippen molar-refractivity contribution in [2.75, 3.05) is 6.61 Å². The minimum absolute atomic E-state index is 0.465. The van der Waals surface area contributed by atoms with Crippen LogP contribution in [-0.2, 0) is 4.74 Å². The first kappa shape index (κ1) is 10.5. The average molecular weight is 181 g/mol. The molecule has 0 aliphatic heterocycles. The summed E-state index contributed by atoms with van der Waals surface area (Å²) >= 11 is 0. The molecule has 0 N–H and O–H groups in total. The Morgan fingerprint density at radius 3 is 2.85 bits per heavy atom. The minimum Gasteiger partial charge on any atom is -0.378 e. The van der Waals surface area contributed by atoms with Crippen molar-refractivity contribution in [1.82, 2.24) is 0 Å². The van der Waals surface area contributed by atoms with Crippen LogP contribution in [0.1, 0.15) is 45.4 Å². The molecule has 13 heavy (non-hydrogen) atoms. The Morgan fingerprint density at radius 1 is 1.38 bits per heavy atom. The minimum atomic E-state index is 0.465. The molecule has 0 radical (unpaired) electrons. The Hall–Kier alpha value is -0.550. The normalized spacial score (nSPS) is 28.3. The van der Waals surface area contributed by atoms with Crippen molar-refractivity contribution in [3.8, 4) is 6.07 Å². The van der Waals surface area contributed by atoms with Gasteiger partial charge in [0, 0.05) is 13.0 Å². The molecule has 2 heteroatoms. The van der Waals surface area contributed by atoms with Crippen LogP contribution >= 0.6 is 0 Å². The molecule has 0 amide bonds. The second-order valence-corrected chi connectivity index (χ2v) is 3.93. The fourth-order valence-corrected chi connectivity index (χ4v) is 1.92. The largest absolute Gasteiger partial charge is 0.378 e. The van der Waals surface area contributed by atoms with Crippen LogP contribution in [0.25, 0.3) is 0 Å². The van der Waals surface area contributed by atoms with Crippen LogP contribution in [0, 0.1) is 17.2 Å². The summed E-state index contributed by atoms with van der Waals surface area (Å²) < 4.78 is 5.75. The van der Waals surface area contributed by atoms with E-state index >= 15 is 0 Å². The third-order valence-corrected chi connectivity index (χ3v) is 2.80. The molecule has 0 bridgehead atoms. The van der Waals surface area contributed by atoms with Crippen molar-refractivity contribution in [3.05, 3.63) is 0 Å². The van der Waals surface area contributed by atoms with Gasteiger partial charge < -0.3 is 4.74 Å². The maximum absolute atomic E-state index is 8.35. The lowest BCUT2D eigenvalue weighted by Gasteiger charge is -2.28. The Balaban J connectivity index is 2.09. The molecule has 0 spiro atoms. The van der Waals surface area contributed by atoms with Crippen molar-refractivity contribution < 1.29 is 4.74 Å². The van der Waals surface area contributed by atoms with E-state index in [4.69, 9.17) is 10.00 Å². The van der Waals surface area contributed by atoms with E-state index in [0.717, 1.165) is 18.9 Å². The van der Waals surface area contributed by atoms with E-state index < -0.39 is 0 Å². The highest BCUT2D eigenvalue weighted by Crippen LogP contribution is 2.26. The van der Waals surface area contributed by atoms with Gasteiger partial charge in [-0.3, -0.25) is 0 Å². The number of ether oxygens (including phenoxy) is 1. The molecular formula is C11H19NO. The first-order valence-corrected chi connectivity index (χ1v) is 5.33. The highest BCUT2D eigenvalue weighted by atomic mass is 16.5. The maximum atomic E-state index is 8.35. The molecule has 0 saturated heterocycles. The zero-order valence-electron chi connectivity index (χ0n) is 8.46. The predicted molar refractivity (Wildman–Crippen MR) is 52.2 cm³/mol. The molecular weight excluding hydrogens is 162 g/mol. The topological polar surface area (TPSA) is 33.0 Å². The van der Waals surface area contributed by atoms with Gasteiger partial charge in [0.1, 0.15) is 0 Å².